The lowest BCUT2D eigenvalue weighted by molar-refractivity contribution is 0.573. The Labute approximate surface area is 119 Å². The third-order valence-corrected chi connectivity index (χ3v) is 3.61. The SMILES string of the molecule is C[C@@H](NCc1ccc2ccccc2c1)c1cccnc1. The van der Waals surface area contributed by atoms with Crippen molar-refractivity contribution < 1.29 is 0 Å². The van der Waals surface area contributed by atoms with Crippen molar-refractivity contribution in [3.8, 4) is 0 Å². The first kappa shape index (κ1) is 12.8. The van der Waals surface area contributed by atoms with Crippen LogP contribution in [0.15, 0.2) is 67.0 Å². The van der Waals surface area contributed by atoms with Crippen molar-refractivity contribution >= 4 is 10.8 Å². The van der Waals surface area contributed by atoms with Crippen LogP contribution in [0.25, 0.3) is 10.8 Å². The average Bonchev–Trinajstić information content (AvgIpc) is 2.53. The molecule has 100 valence electrons. The summed E-state index contributed by atoms with van der Waals surface area (Å²) in [6.45, 7) is 3.03. The number of fused-ring (bicyclic) bond motifs is 1. The molecule has 1 N–H and O–H groups in total. The number of benzene rings is 2. The summed E-state index contributed by atoms with van der Waals surface area (Å²) in [7, 11) is 0. The van der Waals surface area contributed by atoms with Crippen molar-refractivity contribution in [3.05, 3.63) is 78.1 Å². The van der Waals surface area contributed by atoms with Gasteiger partial charge in [0.2, 0.25) is 0 Å². The molecule has 1 aromatic heterocycles. The van der Waals surface area contributed by atoms with Gasteiger partial charge in [0.1, 0.15) is 0 Å². The Morgan fingerprint density at radius 1 is 1.00 bits per heavy atom. The minimum Gasteiger partial charge on any atom is -0.306 e. The van der Waals surface area contributed by atoms with E-state index in [1.54, 1.807) is 6.20 Å². The smallest absolute Gasteiger partial charge is 0.0315 e. The summed E-state index contributed by atoms with van der Waals surface area (Å²) in [4.78, 5) is 4.16. The highest BCUT2D eigenvalue weighted by Gasteiger charge is 2.04. The van der Waals surface area contributed by atoms with E-state index in [0.29, 0.717) is 6.04 Å². The molecule has 3 aromatic rings. The van der Waals surface area contributed by atoms with E-state index >= 15 is 0 Å². The molecule has 0 aliphatic rings. The molecule has 0 unspecified atom stereocenters. The maximum atomic E-state index is 4.16. The number of hydrogen-bond donors (Lipinski definition) is 1. The monoisotopic (exact) mass is 262 g/mol. The van der Waals surface area contributed by atoms with Crippen LogP contribution in [0.3, 0.4) is 0 Å². The van der Waals surface area contributed by atoms with E-state index in [1.165, 1.54) is 21.9 Å². The molecule has 0 spiro atoms. The van der Waals surface area contributed by atoms with Crippen molar-refractivity contribution in [1.29, 1.82) is 0 Å². The van der Waals surface area contributed by atoms with Crippen molar-refractivity contribution in [2.75, 3.05) is 0 Å². The summed E-state index contributed by atoms with van der Waals surface area (Å²) in [5, 5.41) is 6.12. The Balaban J connectivity index is 1.70. The molecule has 2 heteroatoms. The Hall–Kier alpha value is -2.19. The molecule has 1 heterocycles. The third kappa shape index (κ3) is 2.86. The van der Waals surface area contributed by atoms with Crippen LogP contribution < -0.4 is 5.32 Å². The molecule has 0 aliphatic carbocycles. The van der Waals surface area contributed by atoms with Gasteiger partial charge in [-0.2, -0.15) is 0 Å². The molecule has 0 saturated carbocycles. The lowest BCUT2D eigenvalue weighted by Crippen LogP contribution is -2.18. The fourth-order valence-corrected chi connectivity index (χ4v) is 2.37. The van der Waals surface area contributed by atoms with Crippen LogP contribution in [0.1, 0.15) is 24.1 Å². The van der Waals surface area contributed by atoms with E-state index < -0.39 is 0 Å². The number of pyridine rings is 1. The van der Waals surface area contributed by atoms with E-state index in [4.69, 9.17) is 0 Å². The van der Waals surface area contributed by atoms with Crippen molar-refractivity contribution in [1.82, 2.24) is 10.3 Å². The molecule has 2 nitrogen and oxygen atoms in total. The molecule has 0 fully saturated rings. The molecule has 1 atom stereocenters. The van der Waals surface area contributed by atoms with Gasteiger partial charge in [-0.1, -0.05) is 42.5 Å². The molecule has 20 heavy (non-hydrogen) atoms. The van der Waals surface area contributed by atoms with Gasteiger partial charge in [-0.05, 0) is 41.0 Å². The largest absolute Gasteiger partial charge is 0.306 e. The molecule has 0 saturated heterocycles. The fraction of sp³-hybridized carbons (Fsp3) is 0.167. The highest BCUT2D eigenvalue weighted by molar-refractivity contribution is 5.82. The van der Waals surface area contributed by atoms with Crippen molar-refractivity contribution in [3.63, 3.8) is 0 Å². The van der Waals surface area contributed by atoms with Gasteiger partial charge in [0.15, 0.2) is 0 Å². The predicted octanol–water partition coefficient (Wildman–Crippen LogP) is 4.09. The topological polar surface area (TPSA) is 24.9 Å². The number of rotatable bonds is 4. The number of nitrogens with one attached hydrogen (secondary N) is 1. The molecule has 0 aliphatic heterocycles. The molecular weight excluding hydrogens is 244 g/mol. The second-order valence-electron chi connectivity index (χ2n) is 5.07. The Bertz CT molecular complexity index is 692. The van der Waals surface area contributed by atoms with Gasteiger partial charge in [0.25, 0.3) is 0 Å². The van der Waals surface area contributed by atoms with E-state index in [-0.39, 0.29) is 0 Å². The highest BCUT2D eigenvalue weighted by Crippen LogP contribution is 2.17. The zero-order chi connectivity index (χ0) is 13.8. The quantitative estimate of drug-likeness (QED) is 0.766. The number of aromatic nitrogens is 1. The van der Waals surface area contributed by atoms with E-state index in [0.717, 1.165) is 6.54 Å². The van der Waals surface area contributed by atoms with Crippen molar-refractivity contribution in [2.45, 2.75) is 19.5 Å². The van der Waals surface area contributed by atoms with Crippen LogP contribution in [0.2, 0.25) is 0 Å². The summed E-state index contributed by atoms with van der Waals surface area (Å²) in [5.74, 6) is 0. The van der Waals surface area contributed by atoms with Crippen LogP contribution >= 0.6 is 0 Å². The van der Waals surface area contributed by atoms with Gasteiger partial charge < -0.3 is 5.32 Å². The molecule has 0 radical (unpaired) electrons. The second kappa shape index (κ2) is 5.85. The van der Waals surface area contributed by atoms with E-state index in [9.17, 15) is 0 Å². The minimum absolute atomic E-state index is 0.301. The van der Waals surface area contributed by atoms with Crippen molar-refractivity contribution in [2.24, 2.45) is 0 Å². The minimum atomic E-state index is 0.301. The first-order chi connectivity index (χ1) is 9.83. The van der Waals surface area contributed by atoms with Gasteiger partial charge in [-0.15, -0.1) is 0 Å². The average molecular weight is 262 g/mol. The van der Waals surface area contributed by atoms with Crippen LogP contribution in [0.4, 0.5) is 0 Å². The van der Waals surface area contributed by atoms with Gasteiger partial charge in [-0.25, -0.2) is 0 Å². The van der Waals surface area contributed by atoms with E-state index in [1.807, 2.05) is 12.3 Å². The Morgan fingerprint density at radius 2 is 1.85 bits per heavy atom. The van der Waals surface area contributed by atoms with Crippen LogP contribution in [-0.2, 0) is 6.54 Å². The standard InChI is InChI=1S/C18H18N2/c1-14(18-7-4-10-19-13-18)20-12-15-8-9-16-5-2-3-6-17(16)11-15/h2-11,13-14,20H,12H2,1H3/t14-/m1/s1. The maximum Gasteiger partial charge on any atom is 0.0315 e. The summed E-state index contributed by atoms with van der Waals surface area (Å²) < 4.78 is 0. The summed E-state index contributed by atoms with van der Waals surface area (Å²) in [6, 6.07) is 19.4. The second-order valence-corrected chi connectivity index (χ2v) is 5.07. The lowest BCUT2D eigenvalue weighted by Gasteiger charge is -2.14. The zero-order valence-corrected chi connectivity index (χ0v) is 11.6. The Morgan fingerprint density at radius 3 is 2.65 bits per heavy atom. The first-order valence-electron chi connectivity index (χ1n) is 6.94. The predicted molar refractivity (Wildman–Crippen MR) is 83.4 cm³/mol. The first-order valence-corrected chi connectivity index (χ1v) is 6.94. The molecule has 3 rings (SSSR count). The molecule has 2 aromatic carbocycles. The summed E-state index contributed by atoms with van der Waals surface area (Å²) in [5.41, 5.74) is 2.52. The molecular formula is C18H18N2. The zero-order valence-electron chi connectivity index (χ0n) is 11.6. The summed E-state index contributed by atoms with van der Waals surface area (Å²) >= 11 is 0. The van der Waals surface area contributed by atoms with Crippen LogP contribution in [0, 0.1) is 0 Å². The highest BCUT2D eigenvalue weighted by atomic mass is 14.9. The Kier molecular flexibility index (Phi) is 3.75. The molecule has 0 amide bonds. The maximum absolute atomic E-state index is 4.16. The van der Waals surface area contributed by atoms with Gasteiger partial charge in [0, 0.05) is 25.0 Å². The van der Waals surface area contributed by atoms with E-state index in [2.05, 4.69) is 65.8 Å². The summed E-state index contributed by atoms with van der Waals surface area (Å²) in [6.07, 6.45) is 3.72. The lowest BCUT2D eigenvalue weighted by atomic mass is 10.1. The van der Waals surface area contributed by atoms with Gasteiger partial charge >= 0.3 is 0 Å². The van der Waals surface area contributed by atoms with Crippen LogP contribution in [-0.4, -0.2) is 4.98 Å². The number of nitrogens with zero attached hydrogens (tertiary/aromatic N) is 1. The van der Waals surface area contributed by atoms with Gasteiger partial charge in [-0.3, -0.25) is 4.98 Å². The van der Waals surface area contributed by atoms with Crippen LogP contribution in [0.5, 0.6) is 0 Å². The molecule has 0 bridgehead atoms. The third-order valence-electron chi connectivity index (χ3n) is 3.61. The fourth-order valence-electron chi connectivity index (χ4n) is 2.37. The number of hydrogen-bond acceptors (Lipinski definition) is 2. The normalized spacial score (nSPS) is 12.4. The van der Waals surface area contributed by atoms with Gasteiger partial charge in [0.05, 0.1) is 0 Å².